The van der Waals surface area contributed by atoms with Gasteiger partial charge in [-0.2, -0.15) is 0 Å². The lowest BCUT2D eigenvalue weighted by Crippen LogP contribution is -1.97. The Balaban J connectivity index is 2.52. The molecule has 4 heteroatoms. The van der Waals surface area contributed by atoms with E-state index >= 15 is 0 Å². The summed E-state index contributed by atoms with van der Waals surface area (Å²) in [6, 6.07) is 11.4. The number of aromatic carboxylic acids is 1. The van der Waals surface area contributed by atoms with Gasteiger partial charge in [0.05, 0.1) is 10.6 Å². The molecular weight excluding hydrogens is 240 g/mol. The van der Waals surface area contributed by atoms with Crippen LogP contribution in [0.2, 0.25) is 5.02 Å². The van der Waals surface area contributed by atoms with E-state index in [-0.39, 0.29) is 16.3 Å². The van der Waals surface area contributed by atoms with Crippen molar-refractivity contribution in [2.24, 2.45) is 0 Å². The average molecular weight is 249 g/mol. The Hall–Kier alpha value is -2.00. The molecule has 0 amide bonds. The van der Waals surface area contributed by atoms with Gasteiger partial charge in [0, 0.05) is 5.56 Å². The van der Waals surface area contributed by atoms with E-state index in [0.29, 0.717) is 11.1 Å². The second-order valence-corrected chi connectivity index (χ2v) is 3.92. The molecule has 86 valence electrons. The highest BCUT2D eigenvalue weighted by molar-refractivity contribution is 6.33. The third-order valence-electron chi connectivity index (χ3n) is 2.41. The Labute approximate surface area is 103 Å². The van der Waals surface area contributed by atoms with Crippen LogP contribution in [0.1, 0.15) is 10.4 Å². The van der Waals surface area contributed by atoms with E-state index in [0.717, 1.165) is 0 Å². The summed E-state index contributed by atoms with van der Waals surface area (Å²) in [5, 5.41) is 18.7. The molecule has 2 N–H and O–H groups in total. The number of aromatic hydroxyl groups is 1. The van der Waals surface area contributed by atoms with Crippen LogP contribution >= 0.6 is 11.6 Å². The standard InChI is InChI=1S/C13H9ClO3/c14-11-7-8(5-6-10(11)13(16)17)9-3-1-2-4-12(9)15/h1-7,15H,(H,16,17). The Kier molecular flexibility index (Phi) is 3.02. The van der Waals surface area contributed by atoms with Gasteiger partial charge in [-0.3, -0.25) is 0 Å². The Bertz CT molecular complexity index is 579. The zero-order valence-electron chi connectivity index (χ0n) is 8.72. The fourth-order valence-electron chi connectivity index (χ4n) is 1.57. The average Bonchev–Trinajstić information content (AvgIpc) is 2.29. The molecule has 0 aliphatic rings. The van der Waals surface area contributed by atoms with Crippen LogP contribution in [0.3, 0.4) is 0 Å². The minimum Gasteiger partial charge on any atom is -0.507 e. The maximum absolute atomic E-state index is 10.8. The molecule has 0 atom stereocenters. The van der Waals surface area contributed by atoms with Crippen molar-refractivity contribution in [2.75, 3.05) is 0 Å². The molecule has 0 fully saturated rings. The van der Waals surface area contributed by atoms with Crippen LogP contribution in [-0.2, 0) is 0 Å². The van der Waals surface area contributed by atoms with Gasteiger partial charge in [0.2, 0.25) is 0 Å². The lowest BCUT2D eigenvalue weighted by atomic mass is 10.0. The molecule has 0 aliphatic carbocycles. The number of phenolic OH excluding ortho intramolecular Hbond substituents is 1. The van der Waals surface area contributed by atoms with Crippen LogP contribution in [0.4, 0.5) is 0 Å². The Morgan fingerprint density at radius 1 is 1.12 bits per heavy atom. The van der Waals surface area contributed by atoms with E-state index in [1.165, 1.54) is 12.1 Å². The van der Waals surface area contributed by atoms with Gasteiger partial charge in [-0.25, -0.2) is 4.79 Å². The molecule has 2 aromatic rings. The summed E-state index contributed by atoms with van der Waals surface area (Å²) >= 11 is 5.86. The monoisotopic (exact) mass is 248 g/mol. The second kappa shape index (κ2) is 4.47. The lowest BCUT2D eigenvalue weighted by molar-refractivity contribution is 0.0697. The molecule has 17 heavy (non-hydrogen) atoms. The van der Waals surface area contributed by atoms with Gasteiger partial charge in [0.15, 0.2) is 0 Å². The summed E-state index contributed by atoms with van der Waals surface area (Å²) in [7, 11) is 0. The van der Waals surface area contributed by atoms with Gasteiger partial charge in [-0.05, 0) is 23.8 Å². The van der Waals surface area contributed by atoms with Crippen molar-refractivity contribution < 1.29 is 15.0 Å². The first kappa shape index (κ1) is 11.5. The summed E-state index contributed by atoms with van der Waals surface area (Å²) in [5.74, 6) is -0.939. The van der Waals surface area contributed by atoms with Crippen LogP contribution < -0.4 is 0 Å². The largest absolute Gasteiger partial charge is 0.507 e. The number of phenols is 1. The molecule has 3 nitrogen and oxygen atoms in total. The highest BCUT2D eigenvalue weighted by Crippen LogP contribution is 2.31. The van der Waals surface area contributed by atoms with Crippen molar-refractivity contribution >= 4 is 17.6 Å². The molecule has 0 saturated heterocycles. The molecule has 0 radical (unpaired) electrons. The molecule has 0 saturated carbocycles. The minimum atomic E-state index is -1.07. The number of carboxylic acid groups (broad SMARTS) is 1. The first-order valence-corrected chi connectivity index (χ1v) is 5.28. The maximum Gasteiger partial charge on any atom is 0.337 e. The van der Waals surface area contributed by atoms with Crippen molar-refractivity contribution in [1.29, 1.82) is 0 Å². The molecule has 0 bridgehead atoms. The zero-order chi connectivity index (χ0) is 12.4. The van der Waals surface area contributed by atoms with E-state index < -0.39 is 5.97 Å². The number of hydrogen-bond donors (Lipinski definition) is 2. The van der Waals surface area contributed by atoms with Gasteiger partial charge in [-0.15, -0.1) is 0 Å². The van der Waals surface area contributed by atoms with E-state index in [9.17, 15) is 9.90 Å². The predicted octanol–water partition coefficient (Wildman–Crippen LogP) is 3.41. The summed E-state index contributed by atoms with van der Waals surface area (Å²) in [5.41, 5.74) is 1.34. The third kappa shape index (κ3) is 2.24. The number of para-hydroxylation sites is 1. The molecule has 2 rings (SSSR count). The van der Waals surface area contributed by atoms with Crippen LogP contribution in [0.25, 0.3) is 11.1 Å². The topological polar surface area (TPSA) is 57.5 Å². The van der Waals surface area contributed by atoms with Gasteiger partial charge in [-0.1, -0.05) is 35.9 Å². The van der Waals surface area contributed by atoms with Crippen molar-refractivity contribution in [3.05, 3.63) is 53.1 Å². The molecule has 0 spiro atoms. The number of halogens is 1. The van der Waals surface area contributed by atoms with Crippen LogP contribution in [-0.4, -0.2) is 16.2 Å². The predicted molar refractivity (Wildman–Crippen MR) is 65.5 cm³/mol. The summed E-state index contributed by atoms with van der Waals surface area (Å²) < 4.78 is 0. The number of benzene rings is 2. The fourth-order valence-corrected chi connectivity index (χ4v) is 1.84. The number of carbonyl (C=O) groups is 1. The second-order valence-electron chi connectivity index (χ2n) is 3.52. The Morgan fingerprint density at radius 2 is 1.82 bits per heavy atom. The first-order chi connectivity index (χ1) is 8.09. The third-order valence-corrected chi connectivity index (χ3v) is 2.73. The van der Waals surface area contributed by atoms with Crippen LogP contribution in [0.15, 0.2) is 42.5 Å². The zero-order valence-corrected chi connectivity index (χ0v) is 9.48. The Morgan fingerprint density at radius 3 is 2.41 bits per heavy atom. The SMILES string of the molecule is O=C(O)c1ccc(-c2ccccc2O)cc1Cl. The van der Waals surface area contributed by atoms with Crippen molar-refractivity contribution in [2.45, 2.75) is 0 Å². The normalized spacial score (nSPS) is 10.2. The van der Waals surface area contributed by atoms with Gasteiger partial charge >= 0.3 is 5.97 Å². The number of carboxylic acids is 1. The van der Waals surface area contributed by atoms with E-state index in [2.05, 4.69) is 0 Å². The van der Waals surface area contributed by atoms with E-state index in [4.69, 9.17) is 16.7 Å². The number of hydrogen-bond acceptors (Lipinski definition) is 2. The smallest absolute Gasteiger partial charge is 0.337 e. The molecule has 2 aromatic carbocycles. The minimum absolute atomic E-state index is 0.0471. The van der Waals surface area contributed by atoms with Crippen LogP contribution in [0.5, 0.6) is 5.75 Å². The lowest BCUT2D eigenvalue weighted by Gasteiger charge is -2.06. The fraction of sp³-hybridized carbons (Fsp3) is 0. The van der Waals surface area contributed by atoms with Crippen LogP contribution in [0, 0.1) is 0 Å². The molecule has 0 unspecified atom stereocenters. The first-order valence-electron chi connectivity index (χ1n) is 4.91. The highest BCUT2D eigenvalue weighted by Gasteiger charge is 2.10. The van der Waals surface area contributed by atoms with Gasteiger partial charge in [0.25, 0.3) is 0 Å². The van der Waals surface area contributed by atoms with E-state index in [1.54, 1.807) is 30.3 Å². The van der Waals surface area contributed by atoms with E-state index in [1.807, 2.05) is 0 Å². The molecular formula is C13H9ClO3. The number of rotatable bonds is 2. The van der Waals surface area contributed by atoms with Crippen molar-refractivity contribution in [1.82, 2.24) is 0 Å². The van der Waals surface area contributed by atoms with Crippen molar-refractivity contribution in [3.8, 4) is 16.9 Å². The van der Waals surface area contributed by atoms with Gasteiger partial charge in [0.1, 0.15) is 5.75 Å². The quantitative estimate of drug-likeness (QED) is 0.856. The van der Waals surface area contributed by atoms with Crippen molar-refractivity contribution in [3.63, 3.8) is 0 Å². The highest BCUT2D eigenvalue weighted by atomic mass is 35.5. The molecule has 0 aliphatic heterocycles. The van der Waals surface area contributed by atoms with Gasteiger partial charge < -0.3 is 10.2 Å². The summed E-state index contributed by atoms with van der Waals surface area (Å²) in [6.07, 6.45) is 0. The maximum atomic E-state index is 10.8. The summed E-state index contributed by atoms with van der Waals surface area (Å²) in [4.78, 5) is 10.8. The summed E-state index contributed by atoms with van der Waals surface area (Å²) in [6.45, 7) is 0. The molecule has 0 aromatic heterocycles. The molecule has 0 heterocycles.